The molecule has 2 aliphatic heterocycles. The minimum atomic E-state index is -0.156. The Balaban J connectivity index is 1.45. The summed E-state index contributed by atoms with van der Waals surface area (Å²) >= 11 is 1.46. The number of amides is 1. The average Bonchev–Trinajstić information content (AvgIpc) is 3.31. The quantitative estimate of drug-likeness (QED) is 0.621. The van der Waals surface area contributed by atoms with Crippen molar-refractivity contribution >= 4 is 39.8 Å². The summed E-state index contributed by atoms with van der Waals surface area (Å²) in [6, 6.07) is 18.7. The minimum absolute atomic E-state index is 0.156. The molecule has 0 aliphatic carbocycles. The van der Waals surface area contributed by atoms with Gasteiger partial charge in [0.25, 0.3) is 5.91 Å². The largest absolute Gasteiger partial charge is 0.378 e. The molecule has 146 valence electrons. The average molecular weight is 404 g/mol. The van der Waals surface area contributed by atoms with E-state index in [0.29, 0.717) is 18.1 Å². The molecule has 0 N–H and O–H groups in total. The van der Waals surface area contributed by atoms with Gasteiger partial charge >= 0.3 is 0 Å². The zero-order valence-electron chi connectivity index (χ0n) is 16.0. The van der Waals surface area contributed by atoms with Crippen molar-refractivity contribution in [2.75, 3.05) is 26.3 Å². The Labute approximate surface area is 173 Å². The molecule has 29 heavy (non-hydrogen) atoms. The Bertz CT molecular complexity index is 1110. The van der Waals surface area contributed by atoms with Crippen molar-refractivity contribution in [3.8, 4) is 0 Å². The lowest BCUT2D eigenvalue weighted by atomic mass is 10.1. The van der Waals surface area contributed by atoms with Gasteiger partial charge in [-0.15, -0.1) is 0 Å². The molecule has 2 aliphatic rings. The first-order valence-electron chi connectivity index (χ1n) is 9.75. The molecule has 0 bridgehead atoms. The molecular weight excluding hydrogens is 382 g/mol. The second kappa shape index (κ2) is 7.89. The Morgan fingerprint density at radius 1 is 1.03 bits per heavy atom. The van der Waals surface area contributed by atoms with Crippen molar-refractivity contribution in [1.82, 2.24) is 9.47 Å². The lowest BCUT2D eigenvalue weighted by Crippen LogP contribution is -2.38. The van der Waals surface area contributed by atoms with Gasteiger partial charge in [0.05, 0.1) is 18.1 Å². The Kier molecular flexibility index (Phi) is 4.96. The van der Waals surface area contributed by atoms with E-state index in [1.807, 2.05) is 18.2 Å². The van der Waals surface area contributed by atoms with Gasteiger partial charge in [-0.3, -0.25) is 4.79 Å². The van der Waals surface area contributed by atoms with E-state index in [2.05, 4.69) is 63.1 Å². The predicted molar refractivity (Wildman–Crippen MR) is 118 cm³/mol. The first-order chi connectivity index (χ1) is 14.3. The fourth-order valence-electron chi connectivity index (χ4n) is 3.73. The van der Waals surface area contributed by atoms with Crippen LogP contribution in [0.1, 0.15) is 11.1 Å². The van der Waals surface area contributed by atoms with Crippen molar-refractivity contribution in [3.05, 3.63) is 76.8 Å². The monoisotopic (exact) mass is 403 g/mol. The van der Waals surface area contributed by atoms with Crippen LogP contribution in [0.2, 0.25) is 0 Å². The molecule has 1 saturated heterocycles. The Hall–Kier alpha value is -2.83. The molecule has 0 atom stereocenters. The van der Waals surface area contributed by atoms with Gasteiger partial charge in [0.15, 0.2) is 5.17 Å². The first kappa shape index (κ1) is 18.2. The van der Waals surface area contributed by atoms with Gasteiger partial charge in [-0.25, -0.2) is 0 Å². The highest BCUT2D eigenvalue weighted by Crippen LogP contribution is 2.33. The van der Waals surface area contributed by atoms with E-state index < -0.39 is 0 Å². The molecule has 1 amide bonds. The number of aromatic nitrogens is 1. The molecule has 0 spiro atoms. The van der Waals surface area contributed by atoms with Crippen LogP contribution in [-0.2, 0) is 16.1 Å². The van der Waals surface area contributed by atoms with Crippen molar-refractivity contribution in [1.29, 1.82) is 0 Å². The minimum Gasteiger partial charge on any atom is -0.378 e. The third kappa shape index (κ3) is 3.73. The van der Waals surface area contributed by atoms with Gasteiger partial charge in [-0.1, -0.05) is 48.5 Å². The number of carbonyl (C=O) groups excluding carboxylic acids is 1. The molecule has 2 aromatic carbocycles. The third-order valence-corrected chi connectivity index (χ3v) is 6.24. The van der Waals surface area contributed by atoms with Crippen LogP contribution in [0.5, 0.6) is 0 Å². The van der Waals surface area contributed by atoms with Gasteiger partial charge in [-0.05, 0) is 29.5 Å². The molecule has 1 aromatic heterocycles. The predicted octanol–water partition coefficient (Wildman–Crippen LogP) is 3.99. The normalized spacial score (nSPS) is 18.6. The van der Waals surface area contributed by atoms with Crippen LogP contribution in [0, 0.1) is 0 Å². The summed E-state index contributed by atoms with van der Waals surface area (Å²) in [7, 11) is 0. The van der Waals surface area contributed by atoms with Crippen molar-refractivity contribution in [2.45, 2.75) is 6.54 Å². The maximum atomic E-state index is 12.5. The summed E-state index contributed by atoms with van der Waals surface area (Å²) in [5, 5.41) is 1.93. The number of ether oxygens (including phenoxy) is 1. The number of para-hydroxylation sites is 1. The molecule has 5 nitrogen and oxygen atoms in total. The number of amidine groups is 1. The number of fused-ring (bicyclic) bond motifs is 1. The fraction of sp³-hybridized carbons (Fsp3) is 0.217. The summed E-state index contributed by atoms with van der Waals surface area (Å²) < 4.78 is 7.64. The van der Waals surface area contributed by atoms with Crippen molar-refractivity contribution in [2.24, 2.45) is 4.99 Å². The zero-order chi connectivity index (χ0) is 19.6. The molecule has 1 fully saturated rings. The number of benzene rings is 2. The van der Waals surface area contributed by atoms with Gasteiger partial charge in [0, 0.05) is 42.3 Å². The topological polar surface area (TPSA) is 46.8 Å². The molecule has 0 saturated carbocycles. The third-order valence-electron chi connectivity index (χ3n) is 5.19. The van der Waals surface area contributed by atoms with E-state index in [1.165, 1.54) is 17.3 Å². The van der Waals surface area contributed by atoms with Crippen LogP contribution in [0.3, 0.4) is 0 Å². The highest BCUT2D eigenvalue weighted by atomic mass is 32.2. The van der Waals surface area contributed by atoms with Crippen LogP contribution in [0.4, 0.5) is 0 Å². The Morgan fingerprint density at radius 3 is 2.62 bits per heavy atom. The zero-order valence-corrected chi connectivity index (χ0v) is 16.8. The van der Waals surface area contributed by atoms with Gasteiger partial charge < -0.3 is 14.2 Å². The molecule has 0 radical (unpaired) electrons. The summed E-state index contributed by atoms with van der Waals surface area (Å²) in [5.74, 6) is -0.156. The summed E-state index contributed by atoms with van der Waals surface area (Å²) in [6.07, 6.45) is 4.11. The van der Waals surface area contributed by atoms with Crippen molar-refractivity contribution in [3.63, 3.8) is 0 Å². The number of morpholine rings is 1. The highest BCUT2D eigenvalue weighted by Gasteiger charge is 2.27. The second-order valence-electron chi connectivity index (χ2n) is 7.12. The smallest absolute Gasteiger partial charge is 0.286 e. The summed E-state index contributed by atoms with van der Waals surface area (Å²) in [6.45, 7) is 3.71. The first-order valence-corrected chi connectivity index (χ1v) is 10.6. The lowest BCUT2D eigenvalue weighted by molar-refractivity contribution is -0.113. The van der Waals surface area contributed by atoms with E-state index in [-0.39, 0.29) is 5.91 Å². The number of carbonyl (C=O) groups is 1. The Morgan fingerprint density at radius 2 is 1.79 bits per heavy atom. The molecular formula is C23H21N3O2S. The number of thioether (sulfide) groups is 1. The molecule has 6 heteroatoms. The highest BCUT2D eigenvalue weighted by molar-refractivity contribution is 8.18. The van der Waals surface area contributed by atoms with Gasteiger partial charge in [0.1, 0.15) is 0 Å². The lowest BCUT2D eigenvalue weighted by Gasteiger charge is -2.27. The fourth-order valence-corrected chi connectivity index (χ4v) is 4.69. The SMILES string of the molecule is O=C1N=C(N2CCOCC2)SC1=Cc1cn(Cc2ccccc2)c2ccccc12. The van der Waals surface area contributed by atoms with Gasteiger partial charge in [-0.2, -0.15) is 4.99 Å². The number of hydrogen-bond acceptors (Lipinski definition) is 4. The van der Waals surface area contributed by atoms with Crippen molar-refractivity contribution < 1.29 is 9.53 Å². The molecule has 3 heterocycles. The second-order valence-corrected chi connectivity index (χ2v) is 8.13. The van der Waals surface area contributed by atoms with E-state index >= 15 is 0 Å². The van der Waals surface area contributed by atoms with E-state index in [4.69, 9.17) is 4.74 Å². The number of rotatable bonds is 3. The van der Waals surface area contributed by atoms with Crippen LogP contribution in [-0.4, -0.2) is 46.8 Å². The maximum Gasteiger partial charge on any atom is 0.286 e. The van der Waals surface area contributed by atoms with Gasteiger partial charge in [0.2, 0.25) is 0 Å². The van der Waals surface area contributed by atoms with E-state index in [9.17, 15) is 4.79 Å². The molecule has 5 rings (SSSR count). The van der Waals surface area contributed by atoms with E-state index in [1.54, 1.807) is 0 Å². The molecule has 3 aromatic rings. The van der Waals surface area contributed by atoms with Crippen LogP contribution < -0.4 is 0 Å². The number of aliphatic imine (C=N–C) groups is 1. The van der Waals surface area contributed by atoms with Crippen LogP contribution in [0.15, 0.2) is 70.7 Å². The standard InChI is InChI=1S/C23H21N3O2S/c27-22-21(29-23(24-22)25-10-12-28-13-11-25)14-18-16-26(15-17-6-2-1-3-7-17)20-9-5-4-8-19(18)20/h1-9,14,16H,10-13,15H2. The summed E-state index contributed by atoms with van der Waals surface area (Å²) in [4.78, 5) is 19.6. The maximum absolute atomic E-state index is 12.5. The molecule has 0 unspecified atom stereocenters. The van der Waals surface area contributed by atoms with E-state index in [0.717, 1.165) is 41.3 Å². The number of nitrogens with zero attached hydrogens (tertiary/aromatic N) is 3. The number of hydrogen-bond donors (Lipinski definition) is 0. The summed E-state index contributed by atoms with van der Waals surface area (Å²) in [5.41, 5.74) is 3.45. The van der Waals surface area contributed by atoms with Crippen LogP contribution in [0.25, 0.3) is 17.0 Å². The van der Waals surface area contributed by atoms with Crippen LogP contribution >= 0.6 is 11.8 Å².